The molecule has 2 aromatic rings. The normalized spacial score (nSPS) is 12.7. The van der Waals surface area contributed by atoms with Crippen molar-refractivity contribution in [2.45, 2.75) is 26.2 Å². The van der Waals surface area contributed by atoms with E-state index in [1.54, 1.807) is 0 Å². The van der Waals surface area contributed by atoms with E-state index in [1.807, 2.05) is 18.2 Å². The van der Waals surface area contributed by atoms with Gasteiger partial charge < -0.3 is 15.0 Å². The molecule has 0 saturated carbocycles. The van der Waals surface area contributed by atoms with Crippen LogP contribution >= 0.6 is 0 Å². The van der Waals surface area contributed by atoms with Crippen molar-refractivity contribution < 1.29 is 15.0 Å². The highest BCUT2D eigenvalue weighted by molar-refractivity contribution is 6.51. The largest absolute Gasteiger partial charge is 0.504 e. The lowest BCUT2D eigenvalue weighted by Gasteiger charge is -2.20. The zero-order valence-electron chi connectivity index (χ0n) is 10.9. The van der Waals surface area contributed by atoms with E-state index >= 15 is 0 Å². The van der Waals surface area contributed by atoms with Crippen LogP contribution in [-0.4, -0.2) is 24.8 Å². The zero-order chi connectivity index (χ0) is 13.5. The molecule has 0 aliphatic rings. The maximum atomic E-state index is 9.81. The molecule has 3 nitrogen and oxygen atoms in total. The summed E-state index contributed by atoms with van der Waals surface area (Å²) < 4.78 is 0. The van der Waals surface area contributed by atoms with Crippen LogP contribution in [0.2, 0.25) is 0 Å². The van der Waals surface area contributed by atoms with Crippen LogP contribution in [0.5, 0.6) is 11.5 Å². The first kappa shape index (κ1) is 12.9. The number of hydrogen-bond acceptors (Lipinski definition) is 3. The third kappa shape index (κ3) is 2.09. The second kappa shape index (κ2) is 4.30. The molecule has 0 aliphatic heterocycles. The Kier molecular flexibility index (Phi) is 3.08. The van der Waals surface area contributed by atoms with Gasteiger partial charge in [-0.1, -0.05) is 39.0 Å². The quantitative estimate of drug-likeness (QED) is 0.535. The minimum atomic E-state index is -1.55. The van der Waals surface area contributed by atoms with E-state index in [2.05, 4.69) is 20.8 Å². The number of benzene rings is 2. The molecule has 0 radical (unpaired) electrons. The van der Waals surface area contributed by atoms with Gasteiger partial charge in [0.15, 0.2) is 21.3 Å². The van der Waals surface area contributed by atoms with Crippen LogP contribution in [0.25, 0.3) is 10.8 Å². The summed E-state index contributed by atoms with van der Waals surface area (Å²) in [5, 5.41) is 21.6. The van der Waals surface area contributed by atoms with Gasteiger partial charge in [-0.3, -0.25) is 0 Å². The lowest BCUT2D eigenvalue weighted by Crippen LogP contribution is -2.17. The molecule has 0 aromatic heterocycles. The van der Waals surface area contributed by atoms with Crippen LogP contribution in [0.4, 0.5) is 0 Å². The second-order valence-electron chi connectivity index (χ2n) is 5.57. The molecule has 0 fully saturated rings. The third-order valence-corrected chi connectivity index (χ3v) is 4.26. The number of aromatic hydroxyl groups is 2. The van der Waals surface area contributed by atoms with Crippen molar-refractivity contribution in [2.24, 2.45) is 0 Å². The Bertz CT molecular complexity index is 600. The van der Waals surface area contributed by atoms with Crippen LogP contribution in [0, 0.1) is 0 Å². The molecule has 4 heteroatoms. The predicted octanol–water partition coefficient (Wildman–Crippen LogP) is 1.25. The maximum Gasteiger partial charge on any atom is 0.192 e. The first-order valence-electron chi connectivity index (χ1n) is 5.93. The molecule has 0 heterocycles. The highest BCUT2D eigenvalue weighted by Crippen LogP contribution is 2.31. The molecule has 0 bridgehead atoms. The predicted molar refractivity (Wildman–Crippen MR) is 76.4 cm³/mol. The average Bonchev–Trinajstić information content (AvgIpc) is 2.29. The molecule has 0 amide bonds. The van der Waals surface area contributed by atoms with Gasteiger partial charge in [0.1, 0.15) is 0 Å². The zero-order valence-corrected chi connectivity index (χ0v) is 12.3. The molecule has 96 valence electrons. The Hall–Kier alpha value is -1.52. The fourth-order valence-electron chi connectivity index (χ4n) is 2.07. The van der Waals surface area contributed by atoms with E-state index in [4.69, 9.17) is 0 Å². The fourth-order valence-corrected chi connectivity index (χ4v) is 2.88. The van der Waals surface area contributed by atoms with Gasteiger partial charge in [0.25, 0.3) is 0 Å². The van der Waals surface area contributed by atoms with E-state index in [9.17, 15) is 15.0 Å². The molecule has 2 aromatic carbocycles. The van der Waals surface area contributed by atoms with Gasteiger partial charge in [0, 0.05) is 5.19 Å². The summed E-state index contributed by atoms with van der Waals surface area (Å²) in [6.07, 6.45) is 0. The highest BCUT2D eigenvalue weighted by atomic mass is 28.2. The number of hydrogen-bond donors (Lipinski definition) is 3. The topological polar surface area (TPSA) is 60.7 Å². The molecule has 18 heavy (non-hydrogen) atoms. The van der Waals surface area contributed by atoms with Crippen molar-refractivity contribution in [3.8, 4) is 11.5 Å². The smallest absolute Gasteiger partial charge is 0.192 e. The molecule has 3 N–H and O–H groups in total. The van der Waals surface area contributed by atoms with E-state index in [0.717, 1.165) is 16.3 Å². The summed E-state index contributed by atoms with van der Waals surface area (Å²) in [6.45, 7) is 6.35. The fraction of sp³-hybridized carbons (Fsp3) is 0.286. The minimum absolute atomic E-state index is 0.00990. The van der Waals surface area contributed by atoms with Gasteiger partial charge in [-0.05, 0) is 27.8 Å². The van der Waals surface area contributed by atoms with Gasteiger partial charge in [-0.15, -0.1) is 0 Å². The second-order valence-corrected chi connectivity index (χ2v) is 6.59. The van der Waals surface area contributed by atoms with Crippen molar-refractivity contribution in [1.29, 1.82) is 0 Å². The Morgan fingerprint density at radius 3 is 2.28 bits per heavy atom. The van der Waals surface area contributed by atoms with Crippen LogP contribution in [0.15, 0.2) is 24.3 Å². The highest BCUT2D eigenvalue weighted by Gasteiger charge is 2.17. The van der Waals surface area contributed by atoms with Crippen LogP contribution in [0.3, 0.4) is 0 Å². The summed E-state index contributed by atoms with van der Waals surface area (Å²) in [5.41, 5.74) is 1.15. The van der Waals surface area contributed by atoms with Gasteiger partial charge in [0.2, 0.25) is 0 Å². The number of phenols is 2. The van der Waals surface area contributed by atoms with Gasteiger partial charge in [0.05, 0.1) is 0 Å². The summed E-state index contributed by atoms with van der Waals surface area (Å²) in [4.78, 5) is 9.50. The van der Waals surface area contributed by atoms with Crippen LogP contribution in [-0.2, 0) is 5.41 Å². The summed E-state index contributed by atoms with van der Waals surface area (Å²) in [5.74, 6) is -0.342. The lowest BCUT2D eigenvalue weighted by molar-refractivity contribution is 0.407. The first-order valence-corrected chi connectivity index (χ1v) is 7.27. The minimum Gasteiger partial charge on any atom is -0.504 e. The van der Waals surface area contributed by atoms with E-state index in [1.165, 1.54) is 6.07 Å². The maximum absolute atomic E-state index is 9.81. The summed E-state index contributed by atoms with van der Waals surface area (Å²) in [6, 6.07) is 7.46. The standard InChI is InChI=1S/C14H18O3Si/c1-14(2,3)9-5-4-8-6-11(15)12(16)13(18-17)10(8)7-9/h4-7,15-17H,18H2,1-3H3. The Morgan fingerprint density at radius 1 is 1.06 bits per heavy atom. The molecule has 0 atom stereocenters. The van der Waals surface area contributed by atoms with Gasteiger partial charge in [-0.2, -0.15) is 0 Å². The van der Waals surface area contributed by atoms with Crippen LogP contribution in [0.1, 0.15) is 26.3 Å². The molecule has 0 saturated heterocycles. The third-order valence-electron chi connectivity index (χ3n) is 3.22. The first-order chi connectivity index (χ1) is 8.34. The molecule has 0 unspecified atom stereocenters. The Morgan fingerprint density at radius 2 is 1.72 bits per heavy atom. The Balaban J connectivity index is 2.80. The van der Waals surface area contributed by atoms with Crippen molar-refractivity contribution in [3.63, 3.8) is 0 Å². The van der Waals surface area contributed by atoms with E-state index in [-0.39, 0.29) is 16.9 Å². The van der Waals surface area contributed by atoms with E-state index in [0.29, 0.717) is 5.19 Å². The number of fused-ring (bicyclic) bond motifs is 1. The van der Waals surface area contributed by atoms with Crippen molar-refractivity contribution >= 4 is 25.7 Å². The molecular weight excluding hydrogens is 244 g/mol. The number of phenolic OH excluding ortho intramolecular Hbond substituents is 2. The number of rotatable bonds is 1. The summed E-state index contributed by atoms with van der Waals surface area (Å²) in [7, 11) is -1.55. The monoisotopic (exact) mass is 262 g/mol. The molecule has 0 aliphatic carbocycles. The van der Waals surface area contributed by atoms with Crippen molar-refractivity contribution in [2.75, 3.05) is 0 Å². The SMILES string of the molecule is CC(C)(C)c1ccc2cc(O)c(O)c([SiH2]O)c2c1. The van der Waals surface area contributed by atoms with E-state index < -0.39 is 9.76 Å². The Labute approximate surface area is 109 Å². The molecule has 2 rings (SSSR count). The van der Waals surface area contributed by atoms with Crippen molar-refractivity contribution in [3.05, 3.63) is 29.8 Å². The molecular formula is C14H18O3Si. The average molecular weight is 262 g/mol. The van der Waals surface area contributed by atoms with Gasteiger partial charge >= 0.3 is 0 Å². The molecule has 0 spiro atoms. The summed E-state index contributed by atoms with van der Waals surface area (Å²) >= 11 is 0. The van der Waals surface area contributed by atoms with Crippen LogP contribution < -0.4 is 5.19 Å². The lowest BCUT2D eigenvalue weighted by atomic mass is 9.86. The van der Waals surface area contributed by atoms with Gasteiger partial charge in [-0.25, -0.2) is 0 Å². The van der Waals surface area contributed by atoms with Crippen molar-refractivity contribution in [1.82, 2.24) is 0 Å².